The minimum absolute atomic E-state index is 0.0450. The van der Waals surface area contributed by atoms with E-state index >= 15 is 0 Å². The van der Waals surface area contributed by atoms with Gasteiger partial charge in [-0.25, -0.2) is 4.79 Å². The number of ether oxygens (including phenoxy) is 2. The molecule has 2 aromatic rings. The van der Waals surface area contributed by atoms with Gasteiger partial charge in [-0.2, -0.15) is 5.26 Å². The Morgan fingerprint density at radius 3 is 2.70 bits per heavy atom. The number of methoxy groups -OCH3 is 1. The highest BCUT2D eigenvalue weighted by atomic mass is 79.9. The van der Waals surface area contributed by atoms with Crippen LogP contribution >= 0.6 is 27.7 Å². The Morgan fingerprint density at radius 1 is 1.27 bits per heavy atom. The fraction of sp³-hybridized carbons (Fsp3) is 0.292. The average molecular weight is 528 g/mol. The third-order valence-electron chi connectivity index (χ3n) is 5.60. The molecule has 0 N–H and O–H groups in total. The van der Waals surface area contributed by atoms with E-state index in [0.29, 0.717) is 41.1 Å². The first-order valence-corrected chi connectivity index (χ1v) is 12.2. The lowest BCUT2D eigenvalue weighted by molar-refractivity contribution is -0.129. The Labute approximate surface area is 205 Å². The van der Waals surface area contributed by atoms with Crippen LogP contribution in [0.2, 0.25) is 0 Å². The second kappa shape index (κ2) is 9.89. The quantitative estimate of drug-likeness (QED) is 0.513. The predicted molar refractivity (Wildman–Crippen MR) is 130 cm³/mol. The smallest absolute Gasteiger partial charge is 0.338 e. The standard InChI is InChI=1S/C24H22BrN3O4S/c1-3-32-24(30)15-4-7-17(8-5-15)27-13-28-22(29)11-18(20(12-26)23(28)33-14-27)19-10-16(25)6-9-21(19)31-2/h4-10,18H,3,11,13-14H2,1-2H3. The fourth-order valence-corrected chi connectivity index (χ4v) is 5.54. The number of carbonyl (C=O) groups excluding carboxylic acids is 2. The van der Waals surface area contributed by atoms with Gasteiger partial charge in [-0.05, 0) is 49.4 Å². The van der Waals surface area contributed by atoms with Crippen molar-refractivity contribution in [2.45, 2.75) is 19.3 Å². The monoisotopic (exact) mass is 527 g/mol. The van der Waals surface area contributed by atoms with E-state index in [-0.39, 0.29) is 24.2 Å². The van der Waals surface area contributed by atoms with E-state index in [0.717, 1.165) is 15.7 Å². The summed E-state index contributed by atoms with van der Waals surface area (Å²) in [5, 5.41) is 10.7. The number of thioether (sulfide) groups is 1. The topological polar surface area (TPSA) is 82.9 Å². The number of carbonyl (C=O) groups is 2. The van der Waals surface area contributed by atoms with Crippen LogP contribution in [0.5, 0.6) is 5.75 Å². The van der Waals surface area contributed by atoms with Crippen LogP contribution in [0.4, 0.5) is 5.69 Å². The number of benzene rings is 2. The largest absolute Gasteiger partial charge is 0.496 e. The van der Waals surface area contributed by atoms with Gasteiger partial charge in [0.25, 0.3) is 0 Å². The van der Waals surface area contributed by atoms with E-state index in [1.54, 1.807) is 31.1 Å². The van der Waals surface area contributed by atoms with Crippen LogP contribution in [0.3, 0.4) is 0 Å². The molecule has 0 spiro atoms. The molecule has 9 heteroatoms. The molecule has 1 fully saturated rings. The van der Waals surface area contributed by atoms with Crippen molar-refractivity contribution in [3.05, 3.63) is 68.7 Å². The third-order valence-corrected chi connectivity index (χ3v) is 7.25. The minimum atomic E-state index is -0.360. The number of esters is 1. The summed E-state index contributed by atoms with van der Waals surface area (Å²) in [6.07, 6.45) is 0.190. The SMILES string of the molecule is CCOC(=O)c1ccc(N2CSC3=C(C#N)C(c4cc(Br)ccc4OC)CC(=O)N3C2)cc1. The first-order chi connectivity index (χ1) is 16.0. The van der Waals surface area contributed by atoms with Gasteiger partial charge in [0.1, 0.15) is 5.75 Å². The Hall–Kier alpha value is -2.96. The van der Waals surface area contributed by atoms with E-state index in [4.69, 9.17) is 9.47 Å². The molecule has 2 heterocycles. The first-order valence-electron chi connectivity index (χ1n) is 10.4. The molecule has 1 amide bonds. The normalized spacial score (nSPS) is 18.0. The Kier molecular flexibility index (Phi) is 6.96. The predicted octanol–water partition coefficient (Wildman–Crippen LogP) is 4.85. The Balaban J connectivity index is 1.61. The number of fused-ring (bicyclic) bond motifs is 1. The number of anilines is 1. The van der Waals surface area contributed by atoms with Gasteiger partial charge < -0.3 is 14.4 Å². The number of hydrogen-bond acceptors (Lipinski definition) is 7. The molecule has 1 saturated heterocycles. The van der Waals surface area contributed by atoms with Gasteiger partial charge in [0.2, 0.25) is 5.91 Å². The minimum Gasteiger partial charge on any atom is -0.496 e. The maximum absolute atomic E-state index is 13.2. The maximum atomic E-state index is 13.2. The Morgan fingerprint density at radius 2 is 2.03 bits per heavy atom. The molecule has 4 rings (SSSR count). The van der Waals surface area contributed by atoms with Gasteiger partial charge in [0.05, 0.1) is 48.5 Å². The molecular formula is C24H22BrN3O4S. The van der Waals surface area contributed by atoms with Crippen molar-refractivity contribution in [3.8, 4) is 11.8 Å². The van der Waals surface area contributed by atoms with Crippen LogP contribution in [0.1, 0.15) is 35.2 Å². The summed E-state index contributed by atoms with van der Waals surface area (Å²) < 4.78 is 11.4. The Bertz CT molecular complexity index is 1160. The van der Waals surface area contributed by atoms with Crippen molar-refractivity contribution in [1.82, 2.24) is 4.90 Å². The first kappa shape index (κ1) is 23.2. The zero-order chi connectivity index (χ0) is 23.5. The lowest BCUT2D eigenvalue weighted by Crippen LogP contribution is -2.47. The number of nitriles is 1. The molecule has 0 aromatic heterocycles. The van der Waals surface area contributed by atoms with Gasteiger partial charge in [-0.3, -0.25) is 9.69 Å². The number of allylic oxidation sites excluding steroid dienone is 1. The van der Waals surface area contributed by atoms with Gasteiger partial charge >= 0.3 is 5.97 Å². The summed E-state index contributed by atoms with van der Waals surface area (Å²) in [6.45, 7) is 2.43. The van der Waals surface area contributed by atoms with Crippen LogP contribution < -0.4 is 9.64 Å². The summed E-state index contributed by atoms with van der Waals surface area (Å²) in [5.41, 5.74) is 2.77. The van der Waals surface area contributed by atoms with E-state index in [1.165, 1.54) is 11.8 Å². The molecule has 170 valence electrons. The van der Waals surface area contributed by atoms with Crippen molar-refractivity contribution in [3.63, 3.8) is 0 Å². The molecule has 2 aromatic carbocycles. The molecule has 0 bridgehead atoms. The molecule has 1 atom stereocenters. The van der Waals surface area contributed by atoms with Crippen molar-refractivity contribution in [2.75, 3.05) is 31.2 Å². The molecule has 0 aliphatic carbocycles. The molecule has 33 heavy (non-hydrogen) atoms. The molecule has 1 unspecified atom stereocenters. The third kappa shape index (κ3) is 4.59. The summed E-state index contributed by atoms with van der Waals surface area (Å²) in [5.74, 6) is 0.467. The van der Waals surface area contributed by atoms with Gasteiger partial charge in [-0.1, -0.05) is 27.7 Å². The van der Waals surface area contributed by atoms with Crippen LogP contribution in [-0.2, 0) is 9.53 Å². The number of rotatable bonds is 5. The van der Waals surface area contributed by atoms with Crippen molar-refractivity contribution < 1.29 is 19.1 Å². The van der Waals surface area contributed by atoms with Crippen LogP contribution in [0.15, 0.2) is 57.5 Å². The maximum Gasteiger partial charge on any atom is 0.338 e. The number of nitrogens with zero attached hydrogens (tertiary/aromatic N) is 3. The number of halogens is 1. The number of hydrogen-bond donors (Lipinski definition) is 0. The summed E-state index contributed by atoms with van der Waals surface area (Å²) in [4.78, 5) is 28.8. The molecule has 2 aliphatic heterocycles. The molecule has 7 nitrogen and oxygen atoms in total. The highest BCUT2D eigenvalue weighted by molar-refractivity contribution is 9.10. The van der Waals surface area contributed by atoms with E-state index in [9.17, 15) is 14.9 Å². The lowest BCUT2D eigenvalue weighted by Gasteiger charge is -2.42. The number of amides is 1. The highest BCUT2D eigenvalue weighted by Gasteiger charge is 2.39. The second-order valence-corrected chi connectivity index (χ2v) is 9.37. The molecule has 2 aliphatic rings. The van der Waals surface area contributed by atoms with Crippen molar-refractivity contribution in [2.24, 2.45) is 0 Å². The van der Waals surface area contributed by atoms with E-state index in [2.05, 4.69) is 22.0 Å². The van der Waals surface area contributed by atoms with Gasteiger partial charge in [0, 0.05) is 28.1 Å². The van der Waals surface area contributed by atoms with Crippen molar-refractivity contribution in [1.29, 1.82) is 5.26 Å². The lowest BCUT2D eigenvalue weighted by atomic mass is 9.86. The van der Waals surface area contributed by atoms with E-state index < -0.39 is 0 Å². The zero-order valence-electron chi connectivity index (χ0n) is 18.2. The average Bonchev–Trinajstić information content (AvgIpc) is 2.84. The van der Waals surface area contributed by atoms with Gasteiger partial charge in [0.15, 0.2) is 0 Å². The summed E-state index contributed by atoms with van der Waals surface area (Å²) in [7, 11) is 1.59. The second-order valence-electron chi connectivity index (χ2n) is 7.52. The summed E-state index contributed by atoms with van der Waals surface area (Å²) in [6, 6.07) is 15.1. The molecular weight excluding hydrogens is 506 g/mol. The zero-order valence-corrected chi connectivity index (χ0v) is 20.6. The van der Waals surface area contributed by atoms with Gasteiger partial charge in [-0.15, -0.1) is 0 Å². The highest BCUT2D eigenvalue weighted by Crippen LogP contribution is 2.45. The van der Waals surface area contributed by atoms with Crippen LogP contribution in [0.25, 0.3) is 0 Å². The van der Waals surface area contributed by atoms with Crippen LogP contribution in [-0.4, -0.2) is 43.0 Å². The van der Waals surface area contributed by atoms with E-state index in [1.807, 2.05) is 35.2 Å². The molecule has 0 saturated carbocycles. The molecule has 0 radical (unpaired) electrons. The van der Waals surface area contributed by atoms with Crippen LogP contribution in [0, 0.1) is 11.3 Å². The van der Waals surface area contributed by atoms with Crippen molar-refractivity contribution >= 4 is 45.3 Å². The summed E-state index contributed by atoms with van der Waals surface area (Å²) >= 11 is 4.95. The fourth-order valence-electron chi connectivity index (χ4n) is 3.99.